The Labute approximate surface area is 187 Å². The summed E-state index contributed by atoms with van der Waals surface area (Å²) in [7, 11) is 0. The molecule has 0 bridgehead atoms. The lowest BCUT2D eigenvalue weighted by atomic mass is 9.98. The Kier molecular flexibility index (Phi) is 5.30. The van der Waals surface area contributed by atoms with Gasteiger partial charge in [-0.3, -0.25) is 0 Å². The topological polar surface area (TPSA) is 98.9 Å². The summed E-state index contributed by atoms with van der Waals surface area (Å²) in [6.07, 6.45) is 4.36. The van der Waals surface area contributed by atoms with Crippen LogP contribution in [0.4, 0.5) is 13.6 Å². The Morgan fingerprint density at radius 3 is 2.58 bits per heavy atom. The van der Waals surface area contributed by atoms with Crippen LogP contribution in [0, 0.1) is 17.6 Å². The molecule has 3 heterocycles. The molecule has 3 aromatic rings. The molecule has 0 radical (unpaired) electrons. The number of oxazole rings is 1. The average molecular weight is 460 g/mol. The van der Waals surface area contributed by atoms with Crippen LogP contribution >= 0.6 is 0 Å². The first-order valence-corrected chi connectivity index (χ1v) is 10.9. The van der Waals surface area contributed by atoms with Crippen LogP contribution in [-0.2, 0) is 4.74 Å². The average Bonchev–Trinajstić information content (AvgIpc) is 3.38. The number of hydrogen-bond acceptors (Lipinski definition) is 5. The smallest absolute Gasteiger partial charge is 0.487 e. The van der Waals surface area contributed by atoms with E-state index >= 15 is 0 Å². The van der Waals surface area contributed by atoms with E-state index in [0.29, 0.717) is 37.1 Å². The van der Waals surface area contributed by atoms with E-state index < -0.39 is 23.1 Å². The number of ether oxygens (including phenoxy) is 2. The molecule has 10 heteroatoms. The zero-order valence-corrected chi connectivity index (χ0v) is 18.1. The Balaban J connectivity index is 1.20. The fourth-order valence-corrected chi connectivity index (χ4v) is 3.95. The van der Waals surface area contributed by atoms with E-state index in [1.54, 1.807) is 4.90 Å². The van der Waals surface area contributed by atoms with Gasteiger partial charge in [-0.15, -0.1) is 0 Å². The largest absolute Gasteiger partial charge is 0.510 e. The first-order valence-electron chi connectivity index (χ1n) is 10.9. The second-order valence-electron chi connectivity index (χ2n) is 8.97. The van der Waals surface area contributed by atoms with Gasteiger partial charge < -0.3 is 18.8 Å². The van der Waals surface area contributed by atoms with Crippen LogP contribution in [0.3, 0.4) is 0 Å². The van der Waals surface area contributed by atoms with E-state index in [0.717, 1.165) is 12.8 Å². The summed E-state index contributed by atoms with van der Waals surface area (Å²) in [5.74, 6) is -2.61. The van der Waals surface area contributed by atoms with E-state index in [2.05, 4.69) is 9.97 Å². The van der Waals surface area contributed by atoms with Gasteiger partial charge in [0.1, 0.15) is 5.60 Å². The Hall–Kier alpha value is -3.43. The molecule has 0 atom stereocenters. The molecule has 1 aliphatic heterocycles. The first kappa shape index (κ1) is 21.4. The van der Waals surface area contributed by atoms with Gasteiger partial charge in [-0.2, -0.15) is 9.78 Å². The number of halogens is 2. The number of aromatic amines is 2. The van der Waals surface area contributed by atoms with Gasteiger partial charge in [-0.25, -0.2) is 18.6 Å². The van der Waals surface area contributed by atoms with Crippen molar-refractivity contribution in [3.63, 3.8) is 0 Å². The van der Waals surface area contributed by atoms with Crippen molar-refractivity contribution in [2.24, 2.45) is 5.92 Å². The second-order valence-corrected chi connectivity index (χ2v) is 8.97. The van der Waals surface area contributed by atoms with Crippen molar-refractivity contribution < 1.29 is 32.5 Å². The maximum atomic E-state index is 14.7. The van der Waals surface area contributed by atoms with Crippen molar-refractivity contribution >= 4 is 17.3 Å². The van der Waals surface area contributed by atoms with Crippen LogP contribution in [-0.4, -0.2) is 41.3 Å². The number of rotatable bonds is 5. The van der Waals surface area contributed by atoms with E-state index in [-0.39, 0.29) is 35.4 Å². The van der Waals surface area contributed by atoms with Gasteiger partial charge in [0, 0.05) is 24.7 Å². The fraction of sp³-hybridized carbons (Fsp3) is 0.435. The van der Waals surface area contributed by atoms with Crippen LogP contribution in [0.1, 0.15) is 32.6 Å². The number of nitrogens with zero attached hydrogens (tertiary/aromatic N) is 1. The number of likely N-dealkylation sites (tertiary alicyclic amines) is 1. The molecule has 2 aliphatic rings. The van der Waals surface area contributed by atoms with Gasteiger partial charge in [0.15, 0.2) is 17.4 Å². The summed E-state index contributed by atoms with van der Waals surface area (Å²) in [5, 5.41) is 0. The molecule has 33 heavy (non-hydrogen) atoms. The number of fused-ring (bicyclic) bond motifs is 1. The van der Waals surface area contributed by atoms with Crippen LogP contribution < -0.4 is 15.5 Å². The minimum absolute atomic E-state index is 0.0811. The third-order valence-electron chi connectivity index (χ3n) is 6.29. The molecular weight excluding hydrogens is 436 g/mol. The van der Waals surface area contributed by atoms with Crippen LogP contribution in [0.25, 0.3) is 22.4 Å². The van der Waals surface area contributed by atoms with E-state index in [1.165, 1.54) is 24.4 Å². The number of amides is 1. The van der Waals surface area contributed by atoms with Crippen LogP contribution in [0.2, 0.25) is 0 Å². The molecule has 174 valence electrons. The van der Waals surface area contributed by atoms with Crippen LogP contribution in [0.5, 0.6) is 5.75 Å². The van der Waals surface area contributed by atoms with Crippen molar-refractivity contribution in [2.45, 2.75) is 38.2 Å². The lowest BCUT2D eigenvalue weighted by Crippen LogP contribution is -2.41. The molecule has 2 fully saturated rings. The van der Waals surface area contributed by atoms with E-state index in [9.17, 15) is 18.4 Å². The van der Waals surface area contributed by atoms with Gasteiger partial charge in [0.25, 0.3) is 0 Å². The Morgan fingerprint density at radius 1 is 1.21 bits per heavy atom. The lowest BCUT2D eigenvalue weighted by Gasteiger charge is -2.32. The molecule has 1 aromatic carbocycles. The number of pyridine rings is 1. The molecule has 5 rings (SSSR count). The molecule has 1 amide bonds. The predicted molar refractivity (Wildman–Crippen MR) is 113 cm³/mol. The molecule has 0 spiro atoms. The summed E-state index contributed by atoms with van der Waals surface area (Å²) in [6.45, 7) is 3.14. The number of carbonyl (C=O) groups excluding carboxylic acids is 1. The summed E-state index contributed by atoms with van der Waals surface area (Å²) >= 11 is 0. The number of aromatic nitrogens is 2. The highest BCUT2D eigenvalue weighted by Gasteiger charge is 2.43. The second kappa shape index (κ2) is 8.17. The molecule has 2 aromatic heterocycles. The number of benzene rings is 1. The summed E-state index contributed by atoms with van der Waals surface area (Å²) in [5.41, 5.74) is 1.05. The van der Waals surface area contributed by atoms with E-state index in [4.69, 9.17) is 13.9 Å². The molecule has 0 unspecified atom stereocenters. The summed E-state index contributed by atoms with van der Waals surface area (Å²) < 4.78 is 45.3. The number of nitrogens with one attached hydrogen (secondary N) is 2. The quantitative estimate of drug-likeness (QED) is 0.627. The predicted octanol–water partition coefficient (Wildman–Crippen LogP) is 3.66. The SMILES string of the molecule is CC1(OC(=O)N2CCC(COc3c(F)cc(-c4c[nH+]c5[nH]c(=O)oc5c4)cc3F)CC2)CC1. The first-order chi connectivity index (χ1) is 15.8. The normalized spacial score (nSPS) is 17.8. The Bertz CT molecular complexity index is 1240. The maximum Gasteiger partial charge on any atom is 0.510 e. The number of carbonyl (C=O) groups is 1. The molecule has 1 saturated carbocycles. The zero-order chi connectivity index (χ0) is 23.2. The van der Waals surface area contributed by atoms with Gasteiger partial charge in [0.05, 0.1) is 12.8 Å². The number of H-pyrrole nitrogens is 2. The Morgan fingerprint density at radius 2 is 1.91 bits per heavy atom. The maximum absolute atomic E-state index is 14.7. The minimum Gasteiger partial charge on any atom is -0.487 e. The third kappa shape index (κ3) is 4.55. The van der Waals surface area contributed by atoms with Gasteiger partial charge in [0.2, 0.25) is 5.58 Å². The fourth-order valence-electron chi connectivity index (χ4n) is 3.95. The van der Waals surface area contributed by atoms with Crippen molar-refractivity contribution in [3.05, 3.63) is 46.6 Å². The lowest BCUT2D eigenvalue weighted by molar-refractivity contribution is -0.346. The van der Waals surface area contributed by atoms with Gasteiger partial charge in [-0.1, -0.05) is 0 Å². The highest BCUT2D eigenvalue weighted by molar-refractivity contribution is 5.73. The van der Waals surface area contributed by atoms with Gasteiger partial charge >= 0.3 is 17.5 Å². The highest BCUT2D eigenvalue weighted by Crippen LogP contribution is 2.39. The molecule has 2 N–H and O–H groups in total. The monoisotopic (exact) mass is 460 g/mol. The van der Waals surface area contributed by atoms with Gasteiger partial charge in [-0.05, 0) is 56.2 Å². The van der Waals surface area contributed by atoms with E-state index in [1.807, 2.05) is 6.92 Å². The van der Waals surface area contributed by atoms with Crippen molar-refractivity contribution in [1.82, 2.24) is 9.88 Å². The summed E-state index contributed by atoms with van der Waals surface area (Å²) in [4.78, 5) is 30.5. The zero-order valence-electron chi connectivity index (χ0n) is 18.1. The third-order valence-corrected chi connectivity index (χ3v) is 6.29. The van der Waals surface area contributed by atoms with Crippen molar-refractivity contribution in [2.75, 3.05) is 19.7 Å². The minimum atomic E-state index is -0.820. The molecular formula is C23H24F2N3O5+. The number of hydrogen-bond donors (Lipinski definition) is 1. The highest BCUT2D eigenvalue weighted by atomic mass is 19.1. The molecule has 1 aliphatic carbocycles. The van der Waals surface area contributed by atoms with Crippen molar-refractivity contribution in [3.8, 4) is 16.9 Å². The van der Waals surface area contributed by atoms with Crippen molar-refractivity contribution in [1.29, 1.82) is 0 Å². The molecule has 1 saturated heterocycles. The molecule has 8 nitrogen and oxygen atoms in total. The van der Waals surface area contributed by atoms with Crippen LogP contribution in [0.15, 0.2) is 33.6 Å². The number of piperidine rings is 1. The summed E-state index contributed by atoms with van der Waals surface area (Å²) in [6, 6.07) is 3.87. The standard InChI is InChI=1S/C23H23F2N3O5/c1-23(4-5-23)33-22(30)28-6-2-13(3-7-28)12-31-19-16(24)8-14(9-17(19)25)15-10-18-20(26-11-15)27-21(29)32-18/h8-11,13H,2-7,12H2,1H3,(H,26,27,29)/p+1.